The van der Waals surface area contributed by atoms with Crippen LogP contribution in [-0.2, 0) is 6.54 Å². The quantitative estimate of drug-likeness (QED) is 0.794. The molecule has 1 aromatic heterocycles. The maximum absolute atomic E-state index is 11.9. The number of aromatic nitrogens is 2. The van der Waals surface area contributed by atoms with E-state index in [-0.39, 0.29) is 18.1 Å². The summed E-state index contributed by atoms with van der Waals surface area (Å²) in [5.74, 6) is -1.60. The van der Waals surface area contributed by atoms with Crippen LogP contribution in [0.15, 0.2) is 28.7 Å². The van der Waals surface area contributed by atoms with Crippen LogP contribution in [0, 0.1) is 6.92 Å². The van der Waals surface area contributed by atoms with Gasteiger partial charge in [-0.3, -0.25) is 4.79 Å². The van der Waals surface area contributed by atoms with Gasteiger partial charge in [0.2, 0.25) is 5.75 Å². The van der Waals surface area contributed by atoms with Gasteiger partial charge in [-0.25, -0.2) is 4.98 Å². The molecule has 0 atom stereocenters. The number of aryl methyl sites for hydroxylation is 1. The first-order chi connectivity index (χ1) is 9.47. The Morgan fingerprint density at radius 2 is 1.90 bits per heavy atom. The average Bonchev–Trinajstić information content (AvgIpc) is 2.42. The summed E-state index contributed by atoms with van der Waals surface area (Å²) in [5, 5.41) is 21.6. The van der Waals surface area contributed by atoms with Crippen molar-refractivity contribution in [1.29, 1.82) is 0 Å². The molecule has 2 aromatic rings. The number of benzene rings is 1. The molecular weight excluding hydrogens is 326 g/mol. The Bertz CT molecular complexity index is 644. The number of carbonyl (C=O) groups excluding carboxylic acids is 1. The maximum atomic E-state index is 11.9. The summed E-state index contributed by atoms with van der Waals surface area (Å²) >= 11 is 3.32. The summed E-state index contributed by atoms with van der Waals surface area (Å²) in [6.07, 6.45) is 0. The first-order valence-corrected chi connectivity index (χ1v) is 6.56. The van der Waals surface area contributed by atoms with E-state index in [0.717, 1.165) is 10.0 Å². The van der Waals surface area contributed by atoms with E-state index in [1.807, 2.05) is 24.3 Å². The molecule has 3 N–H and O–H groups in total. The lowest BCUT2D eigenvalue weighted by Gasteiger charge is -2.07. The van der Waals surface area contributed by atoms with E-state index in [0.29, 0.717) is 0 Å². The van der Waals surface area contributed by atoms with E-state index in [1.165, 1.54) is 6.92 Å². The van der Waals surface area contributed by atoms with Crippen LogP contribution < -0.4 is 5.32 Å². The van der Waals surface area contributed by atoms with Crippen molar-refractivity contribution in [3.63, 3.8) is 0 Å². The summed E-state index contributed by atoms with van der Waals surface area (Å²) in [7, 11) is 0. The molecule has 2 rings (SSSR count). The number of amides is 1. The molecule has 0 saturated heterocycles. The second-order valence-electron chi connectivity index (χ2n) is 4.10. The topological polar surface area (TPSA) is 95.3 Å². The van der Waals surface area contributed by atoms with Crippen LogP contribution in [0.2, 0.25) is 0 Å². The van der Waals surface area contributed by atoms with Gasteiger partial charge in [0.25, 0.3) is 11.8 Å². The summed E-state index contributed by atoms with van der Waals surface area (Å²) in [6, 6.07) is 7.43. The molecule has 0 aliphatic heterocycles. The Labute approximate surface area is 123 Å². The number of hydrogen-bond donors (Lipinski definition) is 3. The van der Waals surface area contributed by atoms with Crippen molar-refractivity contribution in [3.05, 3.63) is 45.8 Å². The van der Waals surface area contributed by atoms with Crippen molar-refractivity contribution >= 4 is 21.8 Å². The maximum Gasteiger partial charge on any atom is 0.274 e. The first-order valence-electron chi connectivity index (χ1n) is 5.76. The summed E-state index contributed by atoms with van der Waals surface area (Å²) in [6.45, 7) is 1.81. The van der Waals surface area contributed by atoms with E-state index < -0.39 is 17.5 Å². The molecule has 7 heteroatoms. The largest absolute Gasteiger partial charge is 0.501 e. The third-order valence-electron chi connectivity index (χ3n) is 2.56. The minimum atomic E-state index is -0.621. The van der Waals surface area contributed by atoms with Crippen molar-refractivity contribution < 1.29 is 15.0 Å². The molecule has 0 unspecified atom stereocenters. The number of halogens is 1. The molecule has 1 aromatic carbocycles. The van der Waals surface area contributed by atoms with E-state index >= 15 is 0 Å². The number of carbonyl (C=O) groups is 1. The van der Waals surface area contributed by atoms with E-state index in [9.17, 15) is 15.0 Å². The lowest BCUT2D eigenvalue weighted by atomic mass is 10.2. The average molecular weight is 338 g/mol. The SMILES string of the molecule is Cc1nc(O)c(O)c(C(=O)NCc2ccc(Br)cc2)n1. The highest BCUT2D eigenvalue weighted by Crippen LogP contribution is 2.24. The summed E-state index contributed by atoms with van der Waals surface area (Å²) < 4.78 is 0.946. The zero-order valence-electron chi connectivity index (χ0n) is 10.6. The van der Waals surface area contributed by atoms with Crippen LogP contribution >= 0.6 is 15.9 Å². The van der Waals surface area contributed by atoms with Gasteiger partial charge in [0, 0.05) is 11.0 Å². The monoisotopic (exact) mass is 337 g/mol. The van der Waals surface area contributed by atoms with Gasteiger partial charge < -0.3 is 15.5 Å². The molecule has 6 nitrogen and oxygen atoms in total. The van der Waals surface area contributed by atoms with E-state index in [4.69, 9.17) is 0 Å². The predicted octanol–water partition coefficient (Wildman–Crippen LogP) is 1.89. The third kappa shape index (κ3) is 3.24. The zero-order valence-corrected chi connectivity index (χ0v) is 12.2. The van der Waals surface area contributed by atoms with Crippen LogP contribution in [-0.4, -0.2) is 26.1 Å². The number of aromatic hydroxyl groups is 2. The van der Waals surface area contributed by atoms with Gasteiger partial charge in [-0.15, -0.1) is 0 Å². The molecule has 0 aliphatic rings. The minimum absolute atomic E-state index is 0.203. The summed E-state index contributed by atoms with van der Waals surface area (Å²) in [5.41, 5.74) is 0.656. The number of nitrogens with one attached hydrogen (secondary N) is 1. The highest BCUT2D eigenvalue weighted by Gasteiger charge is 2.18. The molecule has 0 bridgehead atoms. The molecule has 0 spiro atoms. The third-order valence-corrected chi connectivity index (χ3v) is 3.09. The van der Waals surface area contributed by atoms with Crippen molar-refractivity contribution in [1.82, 2.24) is 15.3 Å². The highest BCUT2D eigenvalue weighted by atomic mass is 79.9. The van der Waals surface area contributed by atoms with Gasteiger partial charge >= 0.3 is 0 Å². The van der Waals surface area contributed by atoms with Crippen molar-refractivity contribution in [2.24, 2.45) is 0 Å². The molecule has 0 aliphatic carbocycles. The standard InChI is InChI=1S/C13H12BrN3O3/c1-7-16-10(11(18)13(20)17-7)12(19)15-6-8-2-4-9(14)5-3-8/h2-5,18H,6H2,1H3,(H,15,19)(H,16,17,20). The molecule has 0 saturated carbocycles. The van der Waals surface area contributed by atoms with E-state index in [2.05, 4.69) is 31.2 Å². The number of hydrogen-bond acceptors (Lipinski definition) is 5. The Morgan fingerprint density at radius 1 is 1.25 bits per heavy atom. The molecule has 104 valence electrons. The fourth-order valence-electron chi connectivity index (χ4n) is 1.58. The molecule has 0 radical (unpaired) electrons. The molecule has 1 amide bonds. The van der Waals surface area contributed by atoms with E-state index in [1.54, 1.807) is 0 Å². The van der Waals surface area contributed by atoms with Crippen LogP contribution in [0.1, 0.15) is 21.9 Å². The fraction of sp³-hybridized carbons (Fsp3) is 0.154. The summed E-state index contributed by atoms with van der Waals surface area (Å²) in [4.78, 5) is 19.3. The Kier molecular flexibility index (Phi) is 4.19. The Morgan fingerprint density at radius 3 is 2.55 bits per heavy atom. The first kappa shape index (κ1) is 14.3. The Balaban J connectivity index is 2.11. The van der Waals surface area contributed by atoms with Crippen LogP contribution in [0.5, 0.6) is 11.6 Å². The molecule has 0 fully saturated rings. The van der Waals surface area contributed by atoms with Crippen LogP contribution in [0.3, 0.4) is 0 Å². The molecule has 20 heavy (non-hydrogen) atoms. The van der Waals surface area contributed by atoms with Gasteiger partial charge in [-0.1, -0.05) is 28.1 Å². The van der Waals surface area contributed by atoms with Crippen molar-refractivity contribution in [3.8, 4) is 11.6 Å². The zero-order chi connectivity index (χ0) is 14.7. The normalized spacial score (nSPS) is 10.3. The Hall–Kier alpha value is -2.15. The van der Waals surface area contributed by atoms with Crippen LogP contribution in [0.25, 0.3) is 0 Å². The van der Waals surface area contributed by atoms with Crippen molar-refractivity contribution in [2.75, 3.05) is 0 Å². The lowest BCUT2D eigenvalue weighted by Crippen LogP contribution is -2.24. The van der Waals surface area contributed by atoms with Gasteiger partial charge in [0.1, 0.15) is 5.82 Å². The minimum Gasteiger partial charge on any atom is -0.501 e. The van der Waals surface area contributed by atoms with Gasteiger partial charge in [-0.2, -0.15) is 4.98 Å². The van der Waals surface area contributed by atoms with Gasteiger partial charge in [0.15, 0.2) is 5.69 Å². The lowest BCUT2D eigenvalue weighted by molar-refractivity contribution is 0.0941. The predicted molar refractivity (Wildman–Crippen MR) is 75.4 cm³/mol. The second kappa shape index (κ2) is 5.87. The smallest absolute Gasteiger partial charge is 0.274 e. The van der Waals surface area contributed by atoms with Gasteiger partial charge in [-0.05, 0) is 24.6 Å². The number of rotatable bonds is 3. The number of nitrogens with zero attached hydrogens (tertiary/aromatic N) is 2. The fourth-order valence-corrected chi connectivity index (χ4v) is 1.84. The molecular formula is C13H12BrN3O3. The van der Waals surface area contributed by atoms with Gasteiger partial charge in [0.05, 0.1) is 0 Å². The van der Waals surface area contributed by atoms with Crippen molar-refractivity contribution in [2.45, 2.75) is 13.5 Å². The van der Waals surface area contributed by atoms with Crippen LogP contribution in [0.4, 0.5) is 0 Å². The highest BCUT2D eigenvalue weighted by molar-refractivity contribution is 9.10. The second-order valence-corrected chi connectivity index (χ2v) is 5.02. The molecule has 1 heterocycles.